The van der Waals surface area contributed by atoms with E-state index in [2.05, 4.69) is 19.2 Å². The molecule has 0 saturated carbocycles. The van der Waals surface area contributed by atoms with Gasteiger partial charge in [-0.3, -0.25) is 9.59 Å². The summed E-state index contributed by atoms with van der Waals surface area (Å²) >= 11 is 0. The quantitative estimate of drug-likeness (QED) is 0.719. The number of nitrogens with zero attached hydrogens (tertiary/aromatic N) is 1. The number of rotatable bonds is 7. The molecule has 0 radical (unpaired) electrons. The molecule has 0 aliphatic carbocycles. The summed E-state index contributed by atoms with van der Waals surface area (Å²) in [6.07, 6.45) is 5.25. The van der Waals surface area contributed by atoms with E-state index in [1.165, 1.54) is 12.8 Å². The van der Waals surface area contributed by atoms with Crippen molar-refractivity contribution in [3.05, 3.63) is 0 Å². The Bertz CT molecular complexity index is 391. The summed E-state index contributed by atoms with van der Waals surface area (Å²) in [6.45, 7) is 6.99. The van der Waals surface area contributed by atoms with E-state index in [1.807, 2.05) is 0 Å². The molecular formula is C17H31ClN2O3. The van der Waals surface area contributed by atoms with Crippen LogP contribution >= 0.6 is 12.4 Å². The predicted octanol–water partition coefficient (Wildman–Crippen LogP) is 2.38. The van der Waals surface area contributed by atoms with E-state index in [4.69, 9.17) is 4.74 Å². The third-order valence-corrected chi connectivity index (χ3v) is 4.60. The van der Waals surface area contributed by atoms with Crippen molar-refractivity contribution in [2.24, 2.45) is 11.8 Å². The maximum absolute atomic E-state index is 12.6. The highest BCUT2D eigenvalue weighted by molar-refractivity contribution is 5.85. The molecule has 2 unspecified atom stereocenters. The van der Waals surface area contributed by atoms with Crippen LogP contribution in [0.25, 0.3) is 0 Å². The minimum absolute atomic E-state index is 0. The predicted molar refractivity (Wildman–Crippen MR) is 92.6 cm³/mol. The Hall–Kier alpha value is -0.810. The first kappa shape index (κ1) is 20.2. The van der Waals surface area contributed by atoms with Crippen molar-refractivity contribution in [2.45, 2.75) is 65.0 Å². The molecule has 2 saturated heterocycles. The van der Waals surface area contributed by atoms with Crippen LogP contribution in [0.4, 0.5) is 0 Å². The number of fused-ring (bicyclic) bond motifs is 2. The Labute approximate surface area is 145 Å². The zero-order chi connectivity index (χ0) is 16.1. The fraction of sp³-hybridized carbons (Fsp3) is 0.882. The normalized spacial score (nSPS) is 25.8. The van der Waals surface area contributed by atoms with E-state index in [1.54, 1.807) is 11.8 Å². The van der Waals surface area contributed by atoms with Crippen LogP contribution in [0.2, 0.25) is 0 Å². The molecule has 2 bridgehead atoms. The molecule has 0 aromatic heterocycles. The van der Waals surface area contributed by atoms with Crippen LogP contribution in [0, 0.1) is 11.8 Å². The Morgan fingerprint density at radius 2 is 1.83 bits per heavy atom. The fourth-order valence-corrected chi connectivity index (χ4v) is 3.78. The number of ether oxygens (including phenoxy) is 1. The Morgan fingerprint density at radius 1 is 1.22 bits per heavy atom. The molecule has 2 rings (SSSR count). The van der Waals surface area contributed by atoms with Gasteiger partial charge in [0.2, 0.25) is 5.91 Å². The van der Waals surface area contributed by atoms with Gasteiger partial charge in [0, 0.05) is 25.0 Å². The van der Waals surface area contributed by atoms with Gasteiger partial charge in [0.15, 0.2) is 0 Å². The zero-order valence-electron chi connectivity index (χ0n) is 14.5. The summed E-state index contributed by atoms with van der Waals surface area (Å²) in [5.41, 5.74) is 0. The molecule has 23 heavy (non-hydrogen) atoms. The number of hydrogen-bond acceptors (Lipinski definition) is 4. The molecule has 1 N–H and O–H groups in total. The number of carbonyl (C=O) groups is 2. The molecule has 134 valence electrons. The lowest BCUT2D eigenvalue weighted by Gasteiger charge is -2.31. The molecule has 2 aliphatic heterocycles. The molecule has 2 aliphatic rings. The molecule has 6 heteroatoms. The molecular weight excluding hydrogens is 316 g/mol. The molecule has 0 aromatic rings. The molecule has 0 spiro atoms. The number of nitrogens with one attached hydrogen (secondary N) is 1. The van der Waals surface area contributed by atoms with E-state index in [0.717, 1.165) is 12.8 Å². The second kappa shape index (κ2) is 9.48. The Morgan fingerprint density at radius 3 is 2.35 bits per heavy atom. The SMILES string of the molecule is CCOC(=O)CN(CC(C)C)C(=O)CC1CC2CCC(C1)N2.Cl. The van der Waals surface area contributed by atoms with Crippen LogP contribution in [0.5, 0.6) is 0 Å². The standard InChI is InChI=1S/C17H30N2O3.ClH/c1-4-22-17(21)11-19(10-12(2)3)16(20)9-13-7-14-5-6-15(8-13)18-14;/h12-15,18H,4-11H2,1-3H3;1H. The number of piperidine rings is 1. The van der Waals surface area contributed by atoms with E-state index < -0.39 is 0 Å². The van der Waals surface area contributed by atoms with E-state index in [0.29, 0.717) is 43.5 Å². The van der Waals surface area contributed by atoms with Crippen LogP contribution in [-0.2, 0) is 14.3 Å². The number of carbonyl (C=O) groups excluding carboxylic acids is 2. The van der Waals surface area contributed by atoms with Gasteiger partial charge in [-0.05, 0) is 44.4 Å². The lowest BCUT2D eigenvalue weighted by molar-refractivity contribution is -0.149. The van der Waals surface area contributed by atoms with Crippen molar-refractivity contribution in [3.63, 3.8) is 0 Å². The highest BCUT2D eigenvalue weighted by Gasteiger charge is 2.35. The number of esters is 1. The first-order chi connectivity index (χ1) is 10.5. The second-order valence-corrected chi connectivity index (χ2v) is 7.15. The van der Waals surface area contributed by atoms with Crippen LogP contribution < -0.4 is 5.32 Å². The van der Waals surface area contributed by atoms with Crippen LogP contribution in [0.1, 0.15) is 52.9 Å². The van der Waals surface area contributed by atoms with Crippen LogP contribution in [0.15, 0.2) is 0 Å². The summed E-state index contributed by atoms with van der Waals surface area (Å²) in [6, 6.07) is 1.19. The van der Waals surface area contributed by atoms with Crippen molar-refractivity contribution in [1.82, 2.24) is 10.2 Å². The summed E-state index contributed by atoms with van der Waals surface area (Å²) in [5.74, 6) is 0.612. The fourth-order valence-electron chi connectivity index (χ4n) is 3.78. The molecule has 0 aromatic carbocycles. The van der Waals surface area contributed by atoms with Crippen molar-refractivity contribution in [3.8, 4) is 0 Å². The minimum Gasteiger partial charge on any atom is -0.465 e. The van der Waals surface area contributed by atoms with Crippen molar-refractivity contribution < 1.29 is 14.3 Å². The van der Waals surface area contributed by atoms with E-state index in [-0.39, 0.29) is 30.8 Å². The van der Waals surface area contributed by atoms with Gasteiger partial charge in [-0.15, -0.1) is 12.4 Å². The molecule has 2 atom stereocenters. The van der Waals surface area contributed by atoms with Crippen molar-refractivity contribution in [2.75, 3.05) is 19.7 Å². The molecule has 2 heterocycles. The Kier molecular flexibility index (Phi) is 8.34. The van der Waals surface area contributed by atoms with E-state index in [9.17, 15) is 9.59 Å². The smallest absolute Gasteiger partial charge is 0.325 e. The average Bonchev–Trinajstić information content (AvgIpc) is 2.77. The van der Waals surface area contributed by atoms with Gasteiger partial charge in [-0.1, -0.05) is 13.8 Å². The van der Waals surface area contributed by atoms with Gasteiger partial charge in [0.05, 0.1) is 6.61 Å². The molecule has 2 fully saturated rings. The summed E-state index contributed by atoms with van der Waals surface area (Å²) in [4.78, 5) is 26.0. The highest BCUT2D eigenvalue weighted by Crippen LogP contribution is 2.33. The van der Waals surface area contributed by atoms with Crippen LogP contribution in [0.3, 0.4) is 0 Å². The minimum atomic E-state index is -0.304. The maximum atomic E-state index is 12.6. The lowest BCUT2D eigenvalue weighted by atomic mass is 9.89. The number of hydrogen-bond donors (Lipinski definition) is 1. The van der Waals surface area contributed by atoms with Gasteiger partial charge < -0.3 is 15.0 Å². The summed E-state index contributed by atoms with van der Waals surface area (Å²) in [5, 5.41) is 3.60. The topological polar surface area (TPSA) is 58.6 Å². The van der Waals surface area contributed by atoms with Gasteiger partial charge >= 0.3 is 5.97 Å². The number of halogens is 1. The average molecular weight is 347 g/mol. The lowest BCUT2D eigenvalue weighted by Crippen LogP contribution is -2.42. The largest absolute Gasteiger partial charge is 0.465 e. The van der Waals surface area contributed by atoms with Crippen molar-refractivity contribution >= 4 is 24.3 Å². The first-order valence-electron chi connectivity index (χ1n) is 8.67. The van der Waals surface area contributed by atoms with E-state index >= 15 is 0 Å². The van der Waals surface area contributed by atoms with Crippen molar-refractivity contribution in [1.29, 1.82) is 0 Å². The van der Waals surface area contributed by atoms with Crippen LogP contribution in [-0.4, -0.2) is 48.6 Å². The third-order valence-electron chi connectivity index (χ3n) is 4.60. The van der Waals surface area contributed by atoms with Gasteiger partial charge in [-0.25, -0.2) is 0 Å². The summed E-state index contributed by atoms with van der Waals surface area (Å²) in [7, 11) is 0. The third kappa shape index (κ3) is 6.30. The first-order valence-corrected chi connectivity index (χ1v) is 8.67. The molecule has 1 amide bonds. The highest BCUT2D eigenvalue weighted by atomic mass is 35.5. The van der Waals surface area contributed by atoms with Gasteiger partial charge in [0.25, 0.3) is 0 Å². The van der Waals surface area contributed by atoms with Gasteiger partial charge in [-0.2, -0.15) is 0 Å². The maximum Gasteiger partial charge on any atom is 0.325 e. The number of amides is 1. The Balaban J connectivity index is 0.00000264. The molecule has 5 nitrogen and oxygen atoms in total. The zero-order valence-corrected chi connectivity index (χ0v) is 15.4. The summed E-state index contributed by atoms with van der Waals surface area (Å²) < 4.78 is 5.00. The second-order valence-electron chi connectivity index (χ2n) is 7.15. The van der Waals surface area contributed by atoms with Gasteiger partial charge in [0.1, 0.15) is 6.54 Å². The monoisotopic (exact) mass is 346 g/mol.